The second-order valence-electron chi connectivity index (χ2n) is 8.79. The smallest absolute Gasteiger partial charge is 0.274 e. The average Bonchev–Trinajstić information content (AvgIpc) is 3.42. The van der Waals surface area contributed by atoms with E-state index in [0.717, 1.165) is 77.1 Å². The van der Waals surface area contributed by atoms with Crippen LogP contribution in [0, 0.1) is 5.82 Å². The van der Waals surface area contributed by atoms with Crippen LogP contribution in [-0.2, 0) is 19.9 Å². The number of hydrogen-bond donors (Lipinski definition) is 0. The normalized spacial score (nSPS) is 22.4. The summed E-state index contributed by atoms with van der Waals surface area (Å²) in [6.07, 6.45) is 5.20. The molecular weight excluding hydrogens is 381 g/mol. The highest BCUT2D eigenvalue weighted by Gasteiger charge is 2.34. The molecule has 7 heteroatoms. The first kappa shape index (κ1) is 19.5. The molecule has 3 heterocycles. The lowest BCUT2D eigenvalue weighted by atomic mass is 9.89. The molecule has 0 N–H and O–H groups in total. The summed E-state index contributed by atoms with van der Waals surface area (Å²) in [7, 11) is 1.97. The van der Waals surface area contributed by atoms with Gasteiger partial charge in [-0.2, -0.15) is 5.10 Å². The molecule has 1 amide bonds. The maximum Gasteiger partial charge on any atom is 0.274 e. The first-order valence-electron chi connectivity index (χ1n) is 11.2. The van der Waals surface area contributed by atoms with Gasteiger partial charge in [-0.05, 0) is 56.4 Å². The summed E-state index contributed by atoms with van der Waals surface area (Å²) in [6.45, 7) is 5.60. The Balaban J connectivity index is 1.27. The Kier molecular flexibility index (Phi) is 5.23. The maximum atomic E-state index is 13.2. The van der Waals surface area contributed by atoms with Gasteiger partial charge in [0.15, 0.2) is 5.69 Å². The minimum absolute atomic E-state index is 0.117. The van der Waals surface area contributed by atoms with E-state index < -0.39 is 0 Å². The Morgan fingerprint density at radius 2 is 1.73 bits per heavy atom. The Morgan fingerprint density at radius 3 is 2.43 bits per heavy atom. The standard InChI is InChI=1S/C23H30FN5O/c1-26-21-9-8-19(16-20(21)22(25-26)23(30)29-10-2-3-11-29)28-14-12-27(13-15-28)18-6-4-17(24)5-7-18/h4-7,19H,2-3,8-16H2,1H3. The lowest BCUT2D eigenvalue weighted by Crippen LogP contribution is -2.52. The predicted octanol–water partition coefficient (Wildman–Crippen LogP) is 2.47. The van der Waals surface area contributed by atoms with Crippen molar-refractivity contribution in [2.75, 3.05) is 44.2 Å². The number of carbonyl (C=O) groups is 1. The van der Waals surface area contributed by atoms with Crippen molar-refractivity contribution >= 4 is 11.6 Å². The van der Waals surface area contributed by atoms with Gasteiger partial charge < -0.3 is 9.80 Å². The Labute approximate surface area is 177 Å². The van der Waals surface area contributed by atoms with E-state index in [1.807, 2.05) is 28.8 Å². The van der Waals surface area contributed by atoms with E-state index >= 15 is 0 Å². The summed E-state index contributed by atoms with van der Waals surface area (Å²) in [4.78, 5) is 19.9. The highest BCUT2D eigenvalue weighted by atomic mass is 19.1. The van der Waals surface area contributed by atoms with Crippen LogP contribution >= 0.6 is 0 Å². The summed E-state index contributed by atoms with van der Waals surface area (Å²) in [5, 5.41) is 4.64. The minimum Gasteiger partial charge on any atom is -0.369 e. The van der Waals surface area contributed by atoms with Crippen LogP contribution in [-0.4, -0.2) is 70.8 Å². The van der Waals surface area contributed by atoms with Gasteiger partial charge in [-0.15, -0.1) is 0 Å². The van der Waals surface area contributed by atoms with Crippen LogP contribution in [0.4, 0.5) is 10.1 Å². The van der Waals surface area contributed by atoms with E-state index in [4.69, 9.17) is 0 Å². The van der Waals surface area contributed by atoms with Crippen LogP contribution in [0.15, 0.2) is 24.3 Å². The van der Waals surface area contributed by atoms with E-state index in [1.54, 1.807) is 0 Å². The van der Waals surface area contributed by atoms with Gasteiger partial charge >= 0.3 is 0 Å². The van der Waals surface area contributed by atoms with Crippen molar-refractivity contribution in [2.45, 2.75) is 38.1 Å². The third kappa shape index (κ3) is 3.60. The molecule has 30 heavy (non-hydrogen) atoms. The molecule has 5 rings (SSSR count). The van der Waals surface area contributed by atoms with Crippen molar-refractivity contribution in [2.24, 2.45) is 7.05 Å². The largest absolute Gasteiger partial charge is 0.369 e. The fourth-order valence-corrected chi connectivity index (χ4v) is 5.32. The van der Waals surface area contributed by atoms with Gasteiger partial charge in [-0.25, -0.2) is 4.39 Å². The SMILES string of the molecule is Cn1nc(C(=O)N2CCCC2)c2c1CCC(N1CCN(c3ccc(F)cc3)CC1)C2. The topological polar surface area (TPSA) is 44.6 Å². The van der Waals surface area contributed by atoms with E-state index in [2.05, 4.69) is 14.9 Å². The van der Waals surface area contributed by atoms with Crippen LogP contribution in [0.2, 0.25) is 0 Å². The molecule has 2 fully saturated rings. The van der Waals surface area contributed by atoms with E-state index in [0.29, 0.717) is 11.7 Å². The molecular formula is C23H30FN5O. The molecule has 0 bridgehead atoms. The summed E-state index contributed by atoms with van der Waals surface area (Å²) >= 11 is 0. The zero-order valence-electron chi connectivity index (χ0n) is 17.7. The monoisotopic (exact) mass is 411 g/mol. The highest BCUT2D eigenvalue weighted by molar-refractivity contribution is 5.94. The van der Waals surface area contributed by atoms with Crippen molar-refractivity contribution in [3.8, 4) is 0 Å². The number of carbonyl (C=O) groups excluding carboxylic acids is 1. The second-order valence-corrected chi connectivity index (χ2v) is 8.79. The molecule has 0 saturated carbocycles. The first-order chi connectivity index (χ1) is 14.6. The average molecular weight is 412 g/mol. The molecule has 2 aliphatic heterocycles. The van der Waals surface area contributed by atoms with E-state index in [9.17, 15) is 9.18 Å². The quantitative estimate of drug-likeness (QED) is 0.779. The van der Waals surface area contributed by atoms with Crippen molar-refractivity contribution in [1.29, 1.82) is 0 Å². The number of rotatable bonds is 3. The third-order valence-corrected chi connectivity index (χ3v) is 7.05. The fourth-order valence-electron chi connectivity index (χ4n) is 5.32. The van der Waals surface area contributed by atoms with Gasteiger partial charge in [0, 0.05) is 69.3 Å². The molecule has 1 aliphatic carbocycles. The van der Waals surface area contributed by atoms with Crippen molar-refractivity contribution < 1.29 is 9.18 Å². The lowest BCUT2D eigenvalue weighted by Gasteiger charge is -2.41. The summed E-state index contributed by atoms with van der Waals surface area (Å²) in [6, 6.07) is 7.26. The Hall–Kier alpha value is -2.41. The molecule has 1 unspecified atom stereocenters. The maximum absolute atomic E-state index is 13.2. The minimum atomic E-state index is -0.189. The summed E-state index contributed by atoms with van der Waals surface area (Å²) in [5.74, 6) is -0.0720. The number of piperazine rings is 1. The third-order valence-electron chi connectivity index (χ3n) is 7.05. The molecule has 0 radical (unpaired) electrons. The number of likely N-dealkylation sites (tertiary alicyclic amines) is 1. The molecule has 1 aromatic carbocycles. The van der Waals surface area contributed by atoms with Crippen molar-refractivity contribution in [1.82, 2.24) is 19.6 Å². The van der Waals surface area contributed by atoms with E-state index in [1.165, 1.54) is 23.4 Å². The van der Waals surface area contributed by atoms with Crippen LogP contribution in [0.5, 0.6) is 0 Å². The number of amides is 1. The molecule has 160 valence electrons. The van der Waals surface area contributed by atoms with Gasteiger partial charge in [0.25, 0.3) is 5.91 Å². The predicted molar refractivity (Wildman–Crippen MR) is 114 cm³/mol. The highest BCUT2D eigenvalue weighted by Crippen LogP contribution is 2.29. The number of halogens is 1. The van der Waals surface area contributed by atoms with Gasteiger partial charge in [0.1, 0.15) is 5.82 Å². The van der Waals surface area contributed by atoms with Gasteiger partial charge in [0.2, 0.25) is 0 Å². The first-order valence-corrected chi connectivity index (χ1v) is 11.2. The van der Waals surface area contributed by atoms with E-state index in [-0.39, 0.29) is 11.7 Å². The number of benzene rings is 1. The fraction of sp³-hybridized carbons (Fsp3) is 0.565. The lowest BCUT2D eigenvalue weighted by molar-refractivity contribution is 0.0784. The summed E-state index contributed by atoms with van der Waals surface area (Å²) in [5.41, 5.74) is 4.18. The van der Waals surface area contributed by atoms with Crippen LogP contribution in [0.1, 0.15) is 41.0 Å². The van der Waals surface area contributed by atoms with Crippen molar-refractivity contribution in [3.05, 3.63) is 47.0 Å². The van der Waals surface area contributed by atoms with Crippen LogP contribution in [0.25, 0.3) is 0 Å². The number of aryl methyl sites for hydroxylation is 1. The molecule has 2 aromatic rings. The molecule has 6 nitrogen and oxygen atoms in total. The van der Waals surface area contributed by atoms with Crippen molar-refractivity contribution in [3.63, 3.8) is 0 Å². The zero-order valence-corrected chi connectivity index (χ0v) is 17.7. The molecule has 2 saturated heterocycles. The summed E-state index contributed by atoms with van der Waals surface area (Å²) < 4.78 is 15.1. The second kappa shape index (κ2) is 8.02. The Bertz CT molecular complexity index is 910. The molecule has 0 spiro atoms. The number of aromatic nitrogens is 2. The van der Waals surface area contributed by atoms with Crippen LogP contribution in [0.3, 0.4) is 0 Å². The molecule has 1 atom stereocenters. The number of anilines is 1. The van der Waals surface area contributed by atoms with Crippen LogP contribution < -0.4 is 4.90 Å². The number of hydrogen-bond acceptors (Lipinski definition) is 4. The Morgan fingerprint density at radius 1 is 1.03 bits per heavy atom. The number of nitrogens with zero attached hydrogens (tertiary/aromatic N) is 5. The zero-order chi connectivity index (χ0) is 20.7. The molecule has 1 aromatic heterocycles. The molecule has 3 aliphatic rings. The number of fused-ring (bicyclic) bond motifs is 1. The van der Waals surface area contributed by atoms with Gasteiger partial charge in [-0.1, -0.05) is 0 Å². The van der Waals surface area contributed by atoms with Gasteiger partial charge in [0.05, 0.1) is 0 Å². The van der Waals surface area contributed by atoms with Gasteiger partial charge in [-0.3, -0.25) is 14.4 Å².